The number of benzene rings is 1. The molecule has 1 fully saturated rings. The van der Waals surface area contributed by atoms with Crippen molar-refractivity contribution in [3.63, 3.8) is 0 Å². The minimum Gasteiger partial charge on any atom is -0.319 e. The van der Waals surface area contributed by atoms with Crippen molar-refractivity contribution in [2.24, 2.45) is 0 Å². The molecule has 0 radical (unpaired) electrons. The van der Waals surface area contributed by atoms with Gasteiger partial charge >= 0.3 is 0 Å². The smallest absolute Gasteiger partial charge is 0.262 e. The van der Waals surface area contributed by atoms with Crippen LogP contribution in [0.15, 0.2) is 30.3 Å². The summed E-state index contributed by atoms with van der Waals surface area (Å²) in [6.45, 7) is 2.73. The number of hydrogen-bond donors (Lipinski definition) is 0. The van der Waals surface area contributed by atoms with Crippen LogP contribution in [0.1, 0.15) is 36.5 Å². The van der Waals surface area contributed by atoms with E-state index in [0.717, 1.165) is 30.6 Å². The zero-order valence-electron chi connectivity index (χ0n) is 12.9. The summed E-state index contributed by atoms with van der Waals surface area (Å²) in [5.41, 5.74) is 2.48. The number of para-hydroxylation sites is 2. The average molecular weight is 329 g/mol. The molecule has 4 rings (SSSR count). The normalized spacial score (nSPS) is 16.9. The number of hydrogen-bond acceptors (Lipinski definition) is 4. The first-order valence-electron chi connectivity index (χ1n) is 7.94. The summed E-state index contributed by atoms with van der Waals surface area (Å²) < 4.78 is 0. The van der Waals surface area contributed by atoms with Crippen LogP contribution in [0.25, 0.3) is 0 Å². The second kappa shape index (κ2) is 5.49. The van der Waals surface area contributed by atoms with E-state index in [9.17, 15) is 4.79 Å². The summed E-state index contributed by atoms with van der Waals surface area (Å²) in [5.74, 6) is 0.558. The van der Waals surface area contributed by atoms with Gasteiger partial charge in [0, 0.05) is 12.6 Å². The maximum Gasteiger partial charge on any atom is 0.262 e. The van der Waals surface area contributed by atoms with Crippen LogP contribution in [0, 0.1) is 0 Å². The summed E-state index contributed by atoms with van der Waals surface area (Å²) in [5, 5.41) is 8.48. The molecular formula is C17H17ClN4O. The molecular weight excluding hydrogens is 312 g/mol. The van der Waals surface area contributed by atoms with Gasteiger partial charge in [0.1, 0.15) is 0 Å². The highest BCUT2D eigenvalue weighted by Gasteiger charge is 2.39. The van der Waals surface area contributed by atoms with Crippen molar-refractivity contribution in [1.29, 1.82) is 0 Å². The number of nitrogens with zero attached hydrogens (tertiary/aromatic N) is 4. The topological polar surface area (TPSA) is 49.3 Å². The quantitative estimate of drug-likeness (QED) is 0.860. The largest absolute Gasteiger partial charge is 0.319 e. The van der Waals surface area contributed by atoms with Crippen molar-refractivity contribution in [2.45, 2.75) is 32.2 Å². The molecule has 5 nitrogen and oxygen atoms in total. The highest BCUT2D eigenvalue weighted by molar-refractivity contribution is 6.30. The molecule has 0 bridgehead atoms. The Balaban J connectivity index is 1.98. The van der Waals surface area contributed by atoms with Crippen LogP contribution in [0.4, 0.5) is 17.2 Å². The van der Waals surface area contributed by atoms with Crippen LogP contribution >= 0.6 is 11.6 Å². The molecule has 0 spiro atoms. The lowest BCUT2D eigenvalue weighted by Gasteiger charge is -2.26. The highest BCUT2D eigenvalue weighted by atomic mass is 35.5. The number of fused-ring (bicyclic) bond motifs is 2. The Morgan fingerprint density at radius 1 is 1.22 bits per heavy atom. The van der Waals surface area contributed by atoms with Crippen LogP contribution in [0.2, 0.25) is 5.15 Å². The van der Waals surface area contributed by atoms with Crippen LogP contribution in [-0.2, 0) is 0 Å². The van der Waals surface area contributed by atoms with Gasteiger partial charge in [-0.3, -0.25) is 4.79 Å². The first kappa shape index (κ1) is 14.5. The third-order valence-electron chi connectivity index (χ3n) is 4.24. The number of anilines is 3. The lowest BCUT2D eigenvalue weighted by atomic mass is 10.2. The molecule has 2 aliphatic rings. The van der Waals surface area contributed by atoms with Crippen molar-refractivity contribution >= 4 is 34.7 Å². The van der Waals surface area contributed by atoms with E-state index < -0.39 is 0 Å². The van der Waals surface area contributed by atoms with Crippen LogP contribution in [0.5, 0.6) is 0 Å². The predicted molar refractivity (Wildman–Crippen MR) is 90.6 cm³/mol. The minimum absolute atomic E-state index is 0.0609. The van der Waals surface area contributed by atoms with Gasteiger partial charge < -0.3 is 9.80 Å². The fourth-order valence-corrected chi connectivity index (χ4v) is 3.26. The summed E-state index contributed by atoms with van der Waals surface area (Å²) in [6.07, 6.45) is 3.07. The minimum atomic E-state index is -0.0609. The van der Waals surface area contributed by atoms with Gasteiger partial charge in [-0.2, -0.15) is 0 Å². The van der Waals surface area contributed by atoms with E-state index in [0.29, 0.717) is 24.0 Å². The number of carbonyl (C=O) groups excluding carboxylic acids is 1. The second-order valence-corrected chi connectivity index (χ2v) is 6.34. The number of carbonyl (C=O) groups is 1. The number of rotatable bonds is 3. The molecule has 0 atom stereocenters. The molecule has 1 amide bonds. The number of amides is 1. The molecule has 1 aliphatic heterocycles. The molecule has 23 heavy (non-hydrogen) atoms. The van der Waals surface area contributed by atoms with Gasteiger partial charge in [-0.1, -0.05) is 30.7 Å². The molecule has 0 unspecified atom stereocenters. The molecule has 118 valence electrons. The first-order valence-corrected chi connectivity index (χ1v) is 8.32. The fraction of sp³-hybridized carbons (Fsp3) is 0.353. The molecule has 6 heteroatoms. The van der Waals surface area contributed by atoms with Crippen molar-refractivity contribution in [2.75, 3.05) is 16.3 Å². The second-order valence-electron chi connectivity index (χ2n) is 5.95. The van der Waals surface area contributed by atoms with E-state index in [1.807, 2.05) is 23.1 Å². The highest BCUT2D eigenvalue weighted by Crippen LogP contribution is 2.45. The molecule has 1 aromatic heterocycles. The van der Waals surface area contributed by atoms with E-state index in [1.54, 1.807) is 6.07 Å². The standard InChI is InChI=1S/C17H17ClN4O/c1-2-9-21-13-5-3-4-6-14(13)22(11-7-8-11)16-12(17(21)23)10-15(18)19-20-16/h3-6,10-11H,2,7-9H2,1H3. The zero-order valence-corrected chi connectivity index (χ0v) is 13.6. The molecule has 2 heterocycles. The van der Waals surface area contributed by atoms with Crippen LogP contribution < -0.4 is 9.80 Å². The fourth-order valence-electron chi connectivity index (χ4n) is 3.11. The predicted octanol–water partition coefficient (Wildman–Crippen LogP) is 3.80. The van der Waals surface area contributed by atoms with Gasteiger partial charge in [0.25, 0.3) is 5.91 Å². The van der Waals surface area contributed by atoms with E-state index in [4.69, 9.17) is 11.6 Å². The Morgan fingerprint density at radius 2 is 1.96 bits per heavy atom. The lowest BCUT2D eigenvalue weighted by molar-refractivity contribution is 0.0988. The van der Waals surface area contributed by atoms with Gasteiger partial charge in [0.05, 0.1) is 16.9 Å². The van der Waals surface area contributed by atoms with Crippen molar-refractivity contribution in [1.82, 2.24) is 10.2 Å². The zero-order chi connectivity index (χ0) is 16.0. The van der Waals surface area contributed by atoms with Crippen LogP contribution in [-0.4, -0.2) is 28.7 Å². The van der Waals surface area contributed by atoms with E-state index in [2.05, 4.69) is 28.1 Å². The maximum atomic E-state index is 13.1. The Bertz CT molecular complexity index is 775. The van der Waals surface area contributed by atoms with Crippen molar-refractivity contribution < 1.29 is 4.79 Å². The van der Waals surface area contributed by atoms with E-state index >= 15 is 0 Å². The Labute approximate surface area is 139 Å². The van der Waals surface area contributed by atoms with Gasteiger partial charge in [-0.05, 0) is 37.5 Å². The van der Waals surface area contributed by atoms with E-state index in [1.165, 1.54) is 0 Å². The molecule has 0 saturated heterocycles. The summed E-state index contributed by atoms with van der Waals surface area (Å²) in [6, 6.07) is 10.0. The van der Waals surface area contributed by atoms with Gasteiger partial charge in [0.15, 0.2) is 11.0 Å². The van der Waals surface area contributed by atoms with Gasteiger partial charge in [0.2, 0.25) is 0 Å². The van der Waals surface area contributed by atoms with Crippen molar-refractivity contribution in [3.8, 4) is 0 Å². The van der Waals surface area contributed by atoms with E-state index in [-0.39, 0.29) is 11.1 Å². The maximum absolute atomic E-state index is 13.1. The lowest BCUT2D eigenvalue weighted by Crippen LogP contribution is -2.31. The summed E-state index contributed by atoms with van der Waals surface area (Å²) in [7, 11) is 0. The first-order chi connectivity index (χ1) is 11.2. The Morgan fingerprint density at radius 3 is 2.65 bits per heavy atom. The molecule has 1 aliphatic carbocycles. The molecule has 2 aromatic rings. The van der Waals surface area contributed by atoms with Gasteiger partial charge in [-0.25, -0.2) is 0 Å². The molecule has 0 N–H and O–H groups in total. The number of aromatic nitrogens is 2. The average Bonchev–Trinajstić information content (AvgIpc) is 3.39. The monoisotopic (exact) mass is 328 g/mol. The third kappa shape index (κ3) is 2.36. The molecule has 1 saturated carbocycles. The van der Waals surface area contributed by atoms with Gasteiger partial charge in [-0.15, -0.1) is 10.2 Å². The van der Waals surface area contributed by atoms with Crippen molar-refractivity contribution in [3.05, 3.63) is 41.0 Å². The summed E-state index contributed by atoms with van der Waals surface area (Å²) in [4.78, 5) is 17.1. The summed E-state index contributed by atoms with van der Waals surface area (Å²) >= 11 is 6.01. The molecule has 1 aromatic carbocycles. The SMILES string of the molecule is CCCN1C(=O)c2cc(Cl)nnc2N(C2CC2)c2ccccc21. The third-order valence-corrected chi connectivity index (χ3v) is 4.42. The Hall–Kier alpha value is -2.14. The van der Waals surface area contributed by atoms with Crippen LogP contribution in [0.3, 0.4) is 0 Å². The number of halogens is 1. The Kier molecular flexibility index (Phi) is 3.45.